The number of likely N-dealkylation sites (tertiary alicyclic amines) is 1. The SMILES string of the molecule is CC1CCN(CCc2ccccc2F)CC1.N. The Hall–Kier alpha value is -0.930. The molecule has 96 valence electrons. The Morgan fingerprint density at radius 2 is 1.88 bits per heavy atom. The lowest BCUT2D eigenvalue weighted by Gasteiger charge is -2.30. The van der Waals surface area contributed by atoms with Gasteiger partial charge in [-0.25, -0.2) is 4.39 Å². The van der Waals surface area contributed by atoms with E-state index in [1.807, 2.05) is 12.1 Å². The number of hydrogen-bond acceptors (Lipinski definition) is 2. The number of nitrogens with zero attached hydrogens (tertiary/aromatic N) is 1. The van der Waals surface area contributed by atoms with E-state index >= 15 is 0 Å². The predicted molar refractivity (Wildman–Crippen MR) is 70.0 cm³/mol. The van der Waals surface area contributed by atoms with E-state index in [2.05, 4.69) is 11.8 Å². The molecule has 1 saturated heterocycles. The first-order valence-electron chi connectivity index (χ1n) is 6.21. The van der Waals surface area contributed by atoms with E-state index < -0.39 is 0 Å². The molecular weight excluding hydrogens is 215 g/mol. The second kappa shape index (κ2) is 6.72. The van der Waals surface area contributed by atoms with E-state index in [-0.39, 0.29) is 12.0 Å². The molecular formula is C14H23FN2. The van der Waals surface area contributed by atoms with Gasteiger partial charge < -0.3 is 11.1 Å². The Bertz CT molecular complexity index is 333. The van der Waals surface area contributed by atoms with Gasteiger partial charge in [-0.1, -0.05) is 25.1 Å². The van der Waals surface area contributed by atoms with E-state index in [0.29, 0.717) is 0 Å². The molecule has 0 aromatic heterocycles. The van der Waals surface area contributed by atoms with Crippen molar-refractivity contribution in [2.45, 2.75) is 26.2 Å². The molecule has 1 aliphatic rings. The maximum Gasteiger partial charge on any atom is 0.126 e. The third kappa shape index (κ3) is 4.10. The topological polar surface area (TPSA) is 38.2 Å². The van der Waals surface area contributed by atoms with E-state index in [1.54, 1.807) is 12.1 Å². The largest absolute Gasteiger partial charge is 0.344 e. The van der Waals surface area contributed by atoms with E-state index in [1.165, 1.54) is 25.9 Å². The molecule has 1 heterocycles. The van der Waals surface area contributed by atoms with Crippen molar-refractivity contribution in [1.29, 1.82) is 0 Å². The Balaban J connectivity index is 0.00000144. The van der Waals surface area contributed by atoms with Crippen LogP contribution in [0, 0.1) is 11.7 Å². The fraction of sp³-hybridized carbons (Fsp3) is 0.571. The van der Waals surface area contributed by atoms with Crippen molar-refractivity contribution in [3.8, 4) is 0 Å². The van der Waals surface area contributed by atoms with Gasteiger partial charge in [0.15, 0.2) is 0 Å². The molecule has 0 amide bonds. The lowest BCUT2D eigenvalue weighted by molar-refractivity contribution is 0.194. The van der Waals surface area contributed by atoms with Crippen LogP contribution in [-0.4, -0.2) is 24.5 Å². The highest BCUT2D eigenvalue weighted by atomic mass is 19.1. The number of halogens is 1. The lowest BCUT2D eigenvalue weighted by Crippen LogP contribution is -2.34. The summed E-state index contributed by atoms with van der Waals surface area (Å²) in [4.78, 5) is 2.45. The van der Waals surface area contributed by atoms with Crippen molar-refractivity contribution in [2.24, 2.45) is 5.92 Å². The summed E-state index contributed by atoms with van der Waals surface area (Å²) in [5.41, 5.74) is 0.848. The quantitative estimate of drug-likeness (QED) is 0.877. The highest BCUT2D eigenvalue weighted by Gasteiger charge is 2.15. The first-order chi connectivity index (χ1) is 7.75. The van der Waals surface area contributed by atoms with Crippen molar-refractivity contribution >= 4 is 0 Å². The number of hydrogen-bond donors (Lipinski definition) is 1. The minimum Gasteiger partial charge on any atom is -0.344 e. The summed E-state index contributed by atoms with van der Waals surface area (Å²) in [6.45, 7) is 5.66. The molecule has 0 saturated carbocycles. The maximum absolute atomic E-state index is 13.4. The van der Waals surface area contributed by atoms with Crippen LogP contribution >= 0.6 is 0 Å². The monoisotopic (exact) mass is 238 g/mol. The van der Waals surface area contributed by atoms with Crippen LogP contribution in [0.1, 0.15) is 25.3 Å². The Morgan fingerprint density at radius 1 is 1.24 bits per heavy atom. The van der Waals surface area contributed by atoms with Gasteiger partial charge in [0, 0.05) is 6.54 Å². The van der Waals surface area contributed by atoms with E-state index in [0.717, 1.165) is 24.4 Å². The molecule has 0 radical (unpaired) electrons. The Kier molecular flexibility index (Phi) is 5.59. The molecule has 3 heteroatoms. The van der Waals surface area contributed by atoms with Gasteiger partial charge >= 0.3 is 0 Å². The minimum absolute atomic E-state index is 0. The second-order valence-corrected chi connectivity index (χ2v) is 4.87. The normalized spacial score (nSPS) is 17.8. The van der Waals surface area contributed by atoms with Crippen molar-refractivity contribution in [1.82, 2.24) is 11.1 Å². The van der Waals surface area contributed by atoms with Crippen LogP contribution in [0.2, 0.25) is 0 Å². The lowest BCUT2D eigenvalue weighted by atomic mass is 9.99. The molecule has 2 rings (SSSR count). The Labute approximate surface area is 103 Å². The Morgan fingerprint density at radius 3 is 2.53 bits per heavy atom. The van der Waals surface area contributed by atoms with Crippen molar-refractivity contribution in [3.63, 3.8) is 0 Å². The van der Waals surface area contributed by atoms with Gasteiger partial charge in [0.1, 0.15) is 5.82 Å². The van der Waals surface area contributed by atoms with Crippen molar-refractivity contribution < 1.29 is 4.39 Å². The highest BCUT2D eigenvalue weighted by Crippen LogP contribution is 2.16. The third-order valence-electron chi connectivity index (χ3n) is 3.53. The summed E-state index contributed by atoms with van der Waals surface area (Å²) < 4.78 is 13.4. The van der Waals surface area contributed by atoms with Crippen LogP contribution < -0.4 is 6.15 Å². The summed E-state index contributed by atoms with van der Waals surface area (Å²) in [6, 6.07) is 7.10. The number of rotatable bonds is 3. The zero-order chi connectivity index (χ0) is 11.4. The van der Waals surface area contributed by atoms with Crippen molar-refractivity contribution in [2.75, 3.05) is 19.6 Å². The molecule has 0 bridgehead atoms. The van der Waals surface area contributed by atoms with Gasteiger partial charge in [-0.15, -0.1) is 0 Å². The molecule has 0 spiro atoms. The van der Waals surface area contributed by atoms with Crippen molar-refractivity contribution in [3.05, 3.63) is 35.6 Å². The molecule has 2 nitrogen and oxygen atoms in total. The number of benzene rings is 1. The van der Waals surface area contributed by atoms with Crippen LogP contribution in [0.5, 0.6) is 0 Å². The van der Waals surface area contributed by atoms with Gasteiger partial charge in [0.2, 0.25) is 0 Å². The highest BCUT2D eigenvalue weighted by molar-refractivity contribution is 5.17. The molecule has 1 fully saturated rings. The maximum atomic E-state index is 13.4. The minimum atomic E-state index is -0.0622. The van der Waals surface area contributed by atoms with Crippen LogP contribution in [0.4, 0.5) is 4.39 Å². The molecule has 0 aliphatic carbocycles. The first kappa shape index (κ1) is 14.1. The first-order valence-corrected chi connectivity index (χ1v) is 6.21. The summed E-state index contributed by atoms with van der Waals surface area (Å²) in [5.74, 6) is 0.803. The molecule has 0 unspecified atom stereocenters. The van der Waals surface area contributed by atoms with Gasteiger partial charge in [-0.05, 0) is 49.9 Å². The van der Waals surface area contributed by atoms with Crippen LogP contribution in [0.25, 0.3) is 0 Å². The smallest absolute Gasteiger partial charge is 0.126 e. The van der Waals surface area contributed by atoms with E-state index in [9.17, 15) is 4.39 Å². The molecule has 1 aliphatic heterocycles. The predicted octanol–water partition coefficient (Wildman–Crippen LogP) is 3.26. The standard InChI is InChI=1S/C14H20FN.H3N/c1-12-6-9-16(10-7-12)11-8-13-4-2-3-5-14(13)15;/h2-5,12H,6-11H2,1H3;1H3. The molecule has 0 atom stereocenters. The van der Waals surface area contributed by atoms with Gasteiger partial charge in [-0.3, -0.25) is 0 Å². The van der Waals surface area contributed by atoms with Gasteiger partial charge in [-0.2, -0.15) is 0 Å². The average Bonchev–Trinajstić information content (AvgIpc) is 2.30. The average molecular weight is 238 g/mol. The van der Waals surface area contributed by atoms with Crippen LogP contribution in [-0.2, 0) is 6.42 Å². The third-order valence-corrected chi connectivity index (χ3v) is 3.53. The summed E-state index contributed by atoms with van der Waals surface area (Å²) in [7, 11) is 0. The fourth-order valence-corrected chi connectivity index (χ4v) is 2.27. The number of piperidine rings is 1. The molecule has 17 heavy (non-hydrogen) atoms. The van der Waals surface area contributed by atoms with Gasteiger partial charge in [0.25, 0.3) is 0 Å². The summed E-state index contributed by atoms with van der Waals surface area (Å²) in [5, 5.41) is 0. The fourth-order valence-electron chi connectivity index (χ4n) is 2.27. The molecule has 3 N–H and O–H groups in total. The van der Waals surface area contributed by atoms with Crippen LogP contribution in [0.15, 0.2) is 24.3 Å². The van der Waals surface area contributed by atoms with E-state index in [4.69, 9.17) is 0 Å². The van der Waals surface area contributed by atoms with Crippen LogP contribution in [0.3, 0.4) is 0 Å². The zero-order valence-electron chi connectivity index (χ0n) is 10.7. The zero-order valence-corrected chi connectivity index (χ0v) is 10.7. The summed E-state index contributed by atoms with van der Waals surface area (Å²) >= 11 is 0. The molecule has 1 aromatic rings. The van der Waals surface area contributed by atoms with Gasteiger partial charge in [0.05, 0.1) is 0 Å². The second-order valence-electron chi connectivity index (χ2n) is 4.87. The molecule has 1 aromatic carbocycles. The summed E-state index contributed by atoms with van der Waals surface area (Å²) in [6.07, 6.45) is 3.41.